The first-order chi connectivity index (χ1) is 6.81. The number of halogens is 1. The Hall–Kier alpha value is -0.650. The Morgan fingerprint density at radius 3 is 2.64 bits per heavy atom. The van der Waals surface area contributed by atoms with E-state index in [-0.39, 0.29) is 0 Å². The molecule has 2 rings (SSSR count). The van der Waals surface area contributed by atoms with Crippen molar-refractivity contribution in [1.82, 2.24) is 9.97 Å². The molecule has 1 saturated carbocycles. The van der Waals surface area contributed by atoms with Gasteiger partial charge in [-0.3, -0.25) is 0 Å². The van der Waals surface area contributed by atoms with Gasteiger partial charge in [0.25, 0.3) is 0 Å². The van der Waals surface area contributed by atoms with Crippen LogP contribution in [0.1, 0.15) is 12.8 Å². The van der Waals surface area contributed by atoms with E-state index in [0.29, 0.717) is 6.04 Å². The molecule has 0 aromatic carbocycles. The van der Waals surface area contributed by atoms with Crippen LogP contribution in [0.2, 0.25) is 0 Å². The Morgan fingerprint density at radius 2 is 2.14 bits per heavy atom. The Kier molecular flexibility index (Phi) is 3.00. The third-order valence-electron chi connectivity index (χ3n) is 2.18. The molecule has 1 fully saturated rings. The van der Waals surface area contributed by atoms with E-state index < -0.39 is 0 Å². The average molecular weight is 301 g/mol. The standard InChI is InChI=1S/C10H12IN3/c1-2-5-14(9-3-4-9)10-12-6-8(11)7-13-10/h2,6-7,9H,1,3-5H2. The first-order valence-corrected chi connectivity index (χ1v) is 5.74. The molecule has 14 heavy (non-hydrogen) atoms. The van der Waals surface area contributed by atoms with Gasteiger partial charge >= 0.3 is 0 Å². The van der Waals surface area contributed by atoms with Crippen LogP contribution in [0.5, 0.6) is 0 Å². The first kappa shape index (κ1) is 9.89. The normalized spacial score (nSPS) is 15.2. The van der Waals surface area contributed by atoms with Crippen molar-refractivity contribution in [2.24, 2.45) is 0 Å². The van der Waals surface area contributed by atoms with E-state index in [0.717, 1.165) is 16.1 Å². The molecule has 0 unspecified atom stereocenters. The zero-order chi connectivity index (χ0) is 9.97. The van der Waals surface area contributed by atoms with Gasteiger partial charge in [-0.2, -0.15) is 0 Å². The molecule has 0 aliphatic heterocycles. The molecular weight excluding hydrogens is 289 g/mol. The van der Waals surface area contributed by atoms with E-state index in [1.807, 2.05) is 18.5 Å². The second-order valence-corrected chi connectivity index (χ2v) is 4.62. The molecule has 3 nitrogen and oxygen atoms in total. The number of hydrogen-bond acceptors (Lipinski definition) is 3. The van der Waals surface area contributed by atoms with Crippen molar-refractivity contribution in [3.05, 3.63) is 28.6 Å². The summed E-state index contributed by atoms with van der Waals surface area (Å²) in [6, 6.07) is 0.632. The first-order valence-electron chi connectivity index (χ1n) is 4.66. The number of nitrogens with zero attached hydrogens (tertiary/aromatic N) is 3. The lowest BCUT2D eigenvalue weighted by molar-refractivity contribution is 0.814. The predicted molar refractivity (Wildman–Crippen MR) is 65.3 cm³/mol. The SMILES string of the molecule is C=CCN(c1ncc(I)cn1)C1CC1. The van der Waals surface area contributed by atoms with E-state index in [1.165, 1.54) is 12.8 Å². The van der Waals surface area contributed by atoms with Gasteiger partial charge in [0.2, 0.25) is 5.95 Å². The molecule has 0 radical (unpaired) electrons. The Balaban J connectivity index is 2.16. The third-order valence-corrected chi connectivity index (χ3v) is 2.73. The van der Waals surface area contributed by atoms with Gasteiger partial charge in [-0.25, -0.2) is 9.97 Å². The summed E-state index contributed by atoms with van der Waals surface area (Å²) in [4.78, 5) is 10.8. The fourth-order valence-corrected chi connectivity index (χ4v) is 1.65. The molecule has 0 saturated heterocycles. The maximum atomic E-state index is 4.32. The van der Waals surface area contributed by atoms with E-state index in [4.69, 9.17) is 0 Å². The van der Waals surface area contributed by atoms with Crippen molar-refractivity contribution >= 4 is 28.5 Å². The van der Waals surface area contributed by atoms with E-state index >= 15 is 0 Å². The van der Waals surface area contributed by atoms with Gasteiger partial charge in [0.1, 0.15) is 0 Å². The summed E-state index contributed by atoms with van der Waals surface area (Å²) >= 11 is 2.21. The molecular formula is C10H12IN3. The predicted octanol–water partition coefficient (Wildman–Crippen LogP) is 2.24. The summed E-state index contributed by atoms with van der Waals surface area (Å²) in [5.74, 6) is 0.827. The quantitative estimate of drug-likeness (QED) is 0.631. The van der Waals surface area contributed by atoms with Crippen LogP contribution in [-0.2, 0) is 0 Å². The molecule has 0 atom stereocenters. The second-order valence-electron chi connectivity index (χ2n) is 3.37. The highest BCUT2D eigenvalue weighted by Crippen LogP contribution is 2.29. The molecule has 1 heterocycles. The van der Waals surface area contributed by atoms with Crippen LogP contribution in [0.15, 0.2) is 25.0 Å². The summed E-state index contributed by atoms with van der Waals surface area (Å²) in [7, 11) is 0. The van der Waals surface area contributed by atoms with Crippen LogP contribution in [0.3, 0.4) is 0 Å². The Labute approximate surface area is 97.4 Å². The van der Waals surface area contributed by atoms with Crippen LogP contribution in [0, 0.1) is 3.57 Å². The summed E-state index contributed by atoms with van der Waals surface area (Å²) < 4.78 is 1.07. The number of hydrogen-bond donors (Lipinski definition) is 0. The molecule has 0 N–H and O–H groups in total. The van der Waals surface area contributed by atoms with Crippen LogP contribution in [0.25, 0.3) is 0 Å². The summed E-state index contributed by atoms with van der Waals surface area (Å²) in [6.45, 7) is 4.59. The van der Waals surface area contributed by atoms with Gasteiger partial charge in [0.15, 0.2) is 0 Å². The van der Waals surface area contributed by atoms with E-state index in [2.05, 4.69) is 44.0 Å². The highest BCUT2D eigenvalue weighted by atomic mass is 127. The fraction of sp³-hybridized carbons (Fsp3) is 0.400. The van der Waals surface area contributed by atoms with Crippen LogP contribution >= 0.6 is 22.6 Å². The minimum atomic E-state index is 0.632. The second kappa shape index (κ2) is 4.25. The molecule has 4 heteroatoms. The van der Waals surface area contributed by atoms with E-state index in [9.17, 15) is 0 Å². The topological polar surface area (TPSA) is 29.0 Å². The van der Waals surface area contributed by atoms with Gasteiger partial charge in [0, 0.05) is 28.6 Å². The summed E-state index contributed by atoms with van der Waals surface area (Å²) in [6.07, 6.45) is 8.11. The lowest BCUT2D eigenvalue weighted by Gasteiger charge is -2.19. The minimum absolute atomic E-state index is 0.632. The van der Waals surface area contributed by atoms with E-state index in [1.54, 1.807) is 0 Å². The lowest BCUT2D eigenvalue weighted by atomic mass is 10.5. The number of aromatic nitrogens is 2. The van der Waals surface area contributed by atoms with Gasteiger partial charge in [-0.15, -0.1) is 6.58 Å². The van der Waals surface area contributed by atoms with Crippen molar-refractivity contribution in [2.45, 2.75) is 18.9 Å². The minimum Gasteiger partial charge on any atom is -0.334 e. The molecule has 1 aromatic heterocycles. The van der Waals surface area contributed by atoms with Gasteiger partial charge < -0.3 is 4.90 Å². The zero-order valence-corrected chi connectivity index (χ0v) is 10.0. The van der Waals surface area contributed by atoms with Crippen LogP contribution in [0.4, 0.5) is 5.95 Å². The van der Waals surface area contributed by atoms with Crippen LogP contribution < -0.4 is 4.90 Å². The molecule has 0 bridgehead atoms. The van der Waals surface area contributed by atoms with Crippen molar-refractivity contribution in [1.29, 1.82) is 0 Å². The zero-order valence-electron chi connectivity index (χ0n) is 7.86. The van der Waals surface area contributed by atoms with Gasteiger partial charge in [-0.05, 0) is 35.4 Å². The smallest absolute Gasteiger partial charge is 0.225 e. The maximum Gasteiger partial charge on any atom is 0.225 e. The van der Waals surface area contributed by atoms with Gasteiger partial charge in [-0.1, -0.05) is 6.08 Å². The number of rotatable bonds is 4. The van der Waals surface area contributed by atoms with Crippen molar-refractivity contribution in [3.63, 3.8) is 0 Å². The molecule has 0 spiro atoms. The monoisotopic (exact) mass is 301 g/mol. The van der Waals surface area contributed by atoms with Crippen molar-refractivity contribution < 1.29 is 0 Å². The van der Waals surface area contributed by atoms with Crippen LogP contribution in [-0.4, -0.2) is 22.6 Å². The highest BCUT2D eigenvalue weighted by Gasteiger charge is 2.29. The van der Waals surface area contributed by atoms with Gasteiger partial charge in [0.05, 0.1) is 0 Å². The largest absolute Gasteiger partial charge is 0.334 e. The molecule has 1 aromatic rings. The molecule has 74 valence electrons. The van der Waals surface area contributed by atoms with Crippen molar-refractivity contribution in [3.8, 4) is 0 Å². The Morgan fingerprint density at radius 1 is 1.50 bits per heavy atom. The average Bonchev–Trinajstić information content (AvgIpc) is 2.99. The highest BCUT2D eigenvalue weighted by molar-refractivity contribution is 14.1. The molecule has 1 aliphatic rings. The third kappa shape index (κ3) is 2.23. The summed E-state index contributed by atoms with van der Waals surface area (Å²) in [5.41, 5.74) is 0. The molecule has 1 aliphatic carbocycles. The maximum absolute atomic E-state index is 4.32. The number of anilines is 1. The summed E-state index contributed by atoms with van der Waals surface area (Å²) in [5, 5.41) is 0. The lowest BCUT2D eigenvalue weighted by Crippen LogP contribution is -2.27. The fourth-order valence-electron chi connectivity index (χ4n) is 1.37. The molecule has 0 amide bonds. The Bertz CT molecular complexity index is 319. The van der Waals surface area contributed by atoms with Crippen molar-refractivity contribution in [2.75, 3.05) is 11.4 Å².